The Labute approximate surface area is 129 Å². The van der Waals surface area contributed by atoms with E-state index in [1.807, 2.05) is 0 Å². The van der Waals surface area contributed by atoms with Crippen LogP contribution in [0.1, 0.15) is 45.0 Å². The number of nitrogens with one attached hydrogen (secondary N) is 1. The first kappa shape index (κ1) is 17.3. The Morgan fingerprint density at radius 3 is 2.33 bits per heavy atom. The molecule has 0 saturated carbocycles. The minimum absolute atomic E-state index is 0.00689. The fraction of sp³-hybridized carbons (Fsp3) is 0.467. The standard InChI is InChI=1S/C15H20ClNO4/c1-8(2)12(18)10-6-9(7-11(16)13(10)19)17-14(20)21-15(3,4)5/h6-8,19H,1-5H3,(H,17,20). The molecule has 116 valence electrons. The lowest BCUT2D eigenvalue weighted by atomic mass is 10.00. The fourth-order valence-electron chi connectivity index (χ4n) is 1.59. The Kier molecular flexibility index (Phi) is 5.23. The molecule has 0 aromatic heterocycles. The van der Waals surface area contributed by atoms with Gasteiger partial charge >= 0.3 is 6.09 Å². The Morgan fingerprint density at radius 1 is 1.29 bits per heavy atom. The van der Waals surface area contributed by atoms with E-state index in [1.54, 1.807) is 34.6 Å². The van der Waals surface area contributed by atoms with Crippen molar-refractivity contribution in [3.63, 3.8) is 0 Å². The summed E-state index contributed by atoms with van der Waals surface area (Å²) >= 11 is 5.89. The van der Waals surface area contributed by atoms with Crippen LogP contribution in [0.4, 0.5) is 10.5 Å². The van der Waals surface area contributed by atoms with Crippen LogP contribution in [-0.2, 0) is 4.74 Å². The van der Waals surface area contributed by atoms with Crippen LogP contribution in [0.15, 0.2) is 12.1 Å². The van der Waals surface area contributed by atoms with E-state index in [9.17, 15) is 14.7 Å². The van der Waals surface area contributed by atoms with Crippen LogP contribution in [0.5, 0.6) is 5.75 Å². The number of carbonyl (C=O) groups is 2. The average molecular weight is 314 g/mol. The number of hydrogen-bond donors (Lipinski definition) is 2. The lowest BCUT2D eigenvalue weighted by Crippen LogP contribution is -2.27. The molecule has 0 saturated heterocycles. The minimum Gasteiger partial charge on any atom is -0.506 e. The van der Waals surface area contributed by atoms with Crippen molar-refractivity contribution in [3.8, 4) is 5.75 Å². The van der Waals surface area contributed by atoms with Gasteiger partial charge in [-0.15, -0.1) is 0 Å². The van der Waals surface area contributed by atoms with Gasteiger partial charge in [-0.25, -0.2) is 4.79 Å². The van der Waals surface area contributed by atoms with E-state index in [2.05, 4.69) is 5.32 Å². The highest BCUT2D eigenvalue weighted by Gasteiger charge is 2.20. The molecule has 1 amide bonds. The zero-order valence-electron chi connectivity index (χ0n) is 12.8. The molecule has 0 atom stereocenters. The molecule has 1 aromatic rings. The van der Waals surface area contributed by atoms with Crippen molar-refractivity contribution in [2.45, 2.75) is 40.2 Å². The highest BCUT2D eigenvalue weighted by Crippen LogP contribution is 2.33. The molecule has 0 fully saturated rings. The highest BCUT2D eigenvalue weighted by atomic mass is 35.5. The van der Waals surface area contributed by atoms with Crippen LogP contribution in [0.2, 0.25) is 5.02 Å². The summed E-state index contributed by atoms with van der Waals surface area (Å²) in [5.74, 6) is -0.851. The monoisotopic (exact) mass is 313 g/mol. The summed E-state index contributed by atoms with van der Waals surface area (Å²) in [6.45, 7) is 8.64. The Bertz CT molecular complexity index is 562. The number of halogens is 1. The van der Waals surface area contributed by atoms with Gasteiger partial charge in [0, 0.05) is 11.6 Å². The predicted molar refractivity (Wildman–Crippen MR) is 82.1 cm³/mol. The van der Waals surface area contributed by atoms with Crippen LogP contribution >= 0.6 is 11.6 Å². The second-order valence-electron chi connectivity index (χ2n) is 6.00. The van der Waals surface area contributed by atoms with Crippen LogP contribution in [-0.4, -0.2) is 22.6 Å². The Balaban J connectivity index is 3.05. The number of carbonyl (C=O) groups excluding carboxylic acids is 2. The zero-order chi connectivity index (χ0) is 16.4. The Hall–Kier alpha value is -1.75. The Morgan fingerprint density at radius 2 is 1.86 bits per heavy atom. The molecule has 0 aliphatic carbocycles. The normalized spacial score (nSPS) is 11.4. The van der Waals surface area contributed by atoms with Crippen LogP contribution in [0.3, 0.4) is 0 Å². The summed E-state index contributed by atoms with van der Waals surface area (Å²) in [6, 6.07) is 2.74. The molecule has 2 N–H and O–H groups in total. The van der Waals surface area contributed by atoms with E-state index in [-0.39, 0.29) is 33.7 Å². The SMILES string of the molecule is CC(C)C(=O)c1cc(NC(=O)OC(C)(C)C)cc(Cl)c1O. The summed E-state index contributed by atoms with van der Waals surface area (Å²) in [4.78, 5) is 23.7. The molecule has 6 heteroatoms. The van der Waals surface area contributed by atoms with Crippen molar-refractivity contribution in [1.82, 2.24) is 0 Å². The van der Waals surface area contributed by atoms with E-state index in [0.717, 1.165) is 0 Å². The number of benzene rings is 1. The van der Waals surface area contributed by atoms with E-state index in [0.29, 0.717) is 0 Å². The summed E-state index contributed by atoms with van der Waals surface area (Å²) in [7, 11) is 0. The number of ether oxygens (including phenoxy) is 1. The van der Waals surface area contributed by atoms with Crippen molar-refractivity contribution in [1.29, 1.82) is 0 Å². The molecule has 0 unspecified atom stereocenters. The highest BCUT2D eigenvalue weighted by molar-refractivity contribution is 6.33. The number of hydrogen-bond acceptors (Lipinski definition) is 4. The molecule has 0 heterocycles. The van der Waals surface area contributed by atoms with Gasteiger partial charge in [-0.3, -0.25) is 10.1 Å². The van der Waals surface area contributed by atoms with E-state index >= 15 is 0 Å². The first-order valence-corrected chi connectivity index (χ1v) is 6.96. The van der Waals surface area contributed by atoms with E-state index in [4.69, 9.17) is 16.3 Å². The molecule has 0 radical (unpaired) electrons. The molecular formula is C15H20ClNO4. The maximum absolute atomic E-state index is 12.0. The summed E-state index contributed by atoms with van der Waals surface area (Å²) in [5.41, 5.74) is -0.277. The minimum atomic E-state index is -0.660. The van der Waals surface area contributed by atoms with Crippen LogP contribution in [0, 0.1) is 5.92 Å². The molecule has 0 aliphatic rings. The number of anilines is 1. The molecule has 1 aromatic carbocycles. The number of ketones is 1. The maximum Gasteiger partial charge on any atom is 0.412 e. The van der Waals surface area contributed by atoms with E-state index in [1.165, 1.54) is 12.1 Å². The number of phenols is 1. The second-order valence-corrected chi connectivity index (χ2v) is 6.41. The third kappa shape index (κ3) is 4.93. The number of aromatic hydroxyl groups is 1. The van der Waals surface area contributed by atoms with Gasteiger partial charge in [0.05, 0.1) is 10.6 Å². The topological polar surface area (TPSA) is 75.6 Å². The van der Waals surface area contributed by atoms with Gasteiger partial charge in [0.2, 0.25) is 0 Å². The molecule has 0 aliphatic heterocycles. The number of phenolic OH excluding ortho intramolecular Hbond substituents is 1. The summed E-state index contributed by atoms with van der Waals surface area (Å²) in [5, 5.41) is 12.4. The quantitative estimate of drug-likeness (QED) is 0.646. The van der Waals surface area contributed by atoms with Crippen LogP contribution < -0.4 is 5.32 Å². The number of Topliss-reactive ketones (excluding diaryl/α,β-unsaturated/α-hetero) is 1. The molecule has 0 bridgehead atoms. The van der Waals surface area contributed by atoms with Crippen molar-refractivity contribution in [2.75, 3.05) is 5.32 Å². The van der Waals surface area contributed by atoms with Gasteiger partial charge in [-0.1, -0.05) is 25.4 Å². The number of amides is 1. The average Bonchev–Trinajstić information content (AvgIpc) is 2.29. The van der Waals surface area contributed by atoms with Gasteiger partial charge in [0.25, 0.3) is 0 Å². The lowest BCUT2D eigenvalue weighted by molar-refractivity contribution is 0.0635. The second kappa shape index (κ2) is 6.35. The van der Waals surface area contributed by atoms with E-state index < -0.39 is 11.7 Å². The van der Waals surface area contributed by atoms with Gasteiger partial charge < -0.3 is 9.84 Å². The lowest BCUT2D eigenvalue weighted by Gasteiger charge is -2.20. The molecule has 1 rings (SSSR count). The largest absolute Gasteiger partial charge is 0.506 e. The first-order valence-electron chi connectivity index (χ1n) is 6.58. The van der Waals surface area contributed by atoms with Crippen LogP contribution in [0.25, 0.3) is 0 Å². The first-order chi connectivity index (χ1) is 9.51. The smallest absolute Gasteiger partial charge is 0.412 e. The van der Waals surface area contributed by atoms with Gasteiger partial charge in [0.1, 0.15) is 11.4 Å². The molecule has 5 nitrogen and oxygen atoms in total. The molecular weight excluding hydrogens is 294 g/mol. The van der Waals surface area contributed by atoms with Gasteiger partial charge in [-0.2, -0.15) is 0 Å². The van der Waals surface area contributed by atoms with Crippen molar-refractivity contribution in [3.05, 3.63) is 22.7 Å². The third-order valence-corrected chi connectivity index (χ3v) is 2.79. The summed E-state index contributed by atoms with van der Waals surface area (Å²) in [6.07, 6.45) is -0.660. The molecule has 0 spiro atoms. The van der Waals surface area contributed by atoms with Gasteiger partial charge in [-0.05, 0) is 32.9 Å². The third-order valence-electron chi connectivity index (χ3n) is 2.50. The van der Waals surface area contributed by atoms with Crippen molar-refractivity contribution in [2.24, 2.45) is 5.92 Å². The zero-order valence-corrected chi connectivity index (χ0v) is 13.5. The predicted octanol–water partition coefficient (Wildman–Crippen LogP) is 4.23. The number of rotatable bonds is 3. The molecule has 21 heavy (non-hydrogen) atoms. The van der Waals surface area contributed by atoms with Crippen molar-refractivity contribution >= 4 is 29.2 Å². The fourth-order valence-corrected chi connectivity index (χ4v) is 1.81. The summed E-state index contributed by atoms with van der Waals surface area (Å²) < 4.78 is 5.12. The maximum atomic E-state index is 12.0. The van der Waals surface area contributed by atoms with Gasteiger partial charge in [0.15, 0.2) is 5.78 Å². The van der Waals surface area contributed by atoms with Crippen molar-refractivity contribution < 1.29 is 19.4 Å².